The molecule has 1 aromatic heterocycles. The number of aliphatic hydroxyl groups is 1. The van der Waals surface area contributed by atoms with Gasteiger partial charge in [0, 0.05) is 12.7 Å². The molecule has 2 heterocycles. The number of hydrogen-bond donors (Lipinski definition) is 5. The molecule has 0 radical (unpaired) electrons. The van der Waals surface area contributed by atoms with E-state index in [1.165, 1.54) is 6.08 Å². The predicted octanol–water partition coefficient (Wildman–Crippen LogP) is -1.57. The smallest absolute Gasteiger partial charge is 0.276 e. The zero-order valence-electron chi connectivity index (χ0n) is 9.88. The molecule has 2 rings (SSSR count). The average molecular weight is 263 g/mol. The molecule has 6 N–H and O–H groups in total. The van der Waals surface area contributed by atoms with E-state index in [1.54, 1.807) is 18.3 Å². The lowest BCUT2D eigenvalue weighted by atomic mass is 10.2. The van der Waals surface area contributed by atoms with Crippen LogP contribution in [0.25, 0.3) is 0 Å². The summed E-state index contributed by atoms with van der Waals surface area (Å²) < 4.78 is 0. The highest BCUT2D eigenvalue weighted by Gasteiger charge is 2.19. The molecule has 0 aliphatic carbocycles. The summed E-state index contributed by atoms with van der Waals surface area (Å²) in [5.74, 6) is -0.840. The van der Waals surface area contributed by atoms with Gasteiger partial charge in [-0.25, -0.2) is 4.99 Å². The lowest BCUT2D eigenvalue weighted by Crippen LogP contribution is -2.32. The van der Waals surface area contributed by atoms with E-state index in [0.717, 1.165) is 0 Å². The fourth-order valence-electron chi connectivity index (χ4n) is 1.51. The maximum absolute atomic E-state index is 11.6. The molecule has 8 heteroatoms. The lowest BCUT2D eigenvalue weighted by Gasteiger charge is -2.07. The van der Waals surface area contributed by atoms with E-state index in [2.05, 4.69) is 20.6 Å². The third kappa shape index (κ3) is 3.19. The van der Waals surface area contributed by atoms with Crippen LogP contribution in [0.1, 0.15) is 10.5 Å². The first kappa shape index (κ1) is 12.8. The molecular weight excluding hydrogens is 250 g/mol. The van der Waals surface area contributed by atoms with Crippen LogP contribution in [-0.2, 0) is 4.79 Å². The van der Waals surface area contributed by atoms with Crippen molar-refractivity contribution in [3.05, 3.63) is 35.8 Å². The topological polar surface area (TPSA) is 133 Å². The van der Waals surface area contributed by atoms with Crippen molar-refractivity contribution in [2.75, 3.05) is 6.54 Å². The largest absolute Gasteiger partial charge is 0.387 e. The van der Waals surface area contributed by atoms with Crippen molar-refractivity contribution in [1.82, 2.24) is 15.6 Å². The van der Waals surface area contributed by atoms with Gasteiger partial charge in [-0.15, -0.1) is 0 Å². The number of carbonyl (C=O) groups excluding carboxylic acids is 2. The number of guanidine groups is 1. The Hall–Kier alpha value is -2.61. The minimum Gasteiger partial charge on any atom is -0.387 e. The molecule has 1 unspecified atom stereocenters. The van der Waals surface area contributed by atoms with E-state index in [4.69, 9.17) is 5.73 Å². The fourth-order valence-corrected chi connectivity index (χ4v) is 1.51. The number of nitrogens with one attached hydrogen (secondary N) is 3. The van der Waals surface area contributed by atoms with Crippen molar-refractivity contribution in [2.24, 2.45) is 10.7 Å². The molecular formula is C11H13N5O3. The van der Waals surface area contributed by atoms with Gasteiger partial charge in [0.05, 0.1) is 6.10 Å². The van der Waals surface area contributed by atoms with Crippen LogP contribution in [0.4, 0.5) is 0 Å². The van der Waals surface area contributed by atoms with Gasteiger partial charge in [-0.1, -0.05) is 0 Å². The van der Waals surface area contributed by atoms with Gasteiger partial charge >= 0.3 is 0 Å². The number of nitrogens with zero attached hydrogens (tertiary/aromatic N) is 1. The first-order valence-electron chi connectivity index (χ1n) is 5.53. The first-order chi connectivity index (χ1) is 9.06. The molecule has 1 atom stereocenters. The van der Waals surface area contributed by atoms with Gasteiger partial charge in [-0.2, -0.15) is 0 Å². The minimum absolute atomic E-state index is 0.0149. The van der Waals surface area contributed by atoms with Crippen molar-refractivity contribution in [1.29, 1.82) is 0 Å². The Morgan fingerprint density at radius 3 is 3.00 bits per heavy atom. The first-order valence-corrected chi connectivity index (χ1v) is 5.53. The van der Waals surface area contributed by atoms with Gasteiger partial charge in [-0.3, -0.25) is 14.9 Å². The van der Waals surface area contributed by atoms with Gasteiger partial charge in [0.1, 0.15) is 11.4 Å². The Bertz CT molecular complexity index is 547. The van der Waals surface area contributed by atoms with E-state index >= 15 is 0 Å². The molecule has 0 spiro atoms. The Balaban J connectivity index is 1.88. The van der Waals surface area contributed by atoms with Crippen molar-refractivity contribution < 1.29 is 14.7 Å². The molecule has 8 nitrogen and oxygen atoms in total. The third-order valence-electron chi connectivity index (χ3n) is 2.38. The van der Waals surface area contributed by atoms with Crippen molar-refractivity contribution in [3.8, 4) is 0 Å². The van der Waals surface area contributed by atoms with Crippen LogP contribution < -0.4 is 16.4 Å². The summed E-state index contributed by atoms with van der Waals surface area (Å²) in [4.78, 5) is 29.3. The number of nitrogens with two attached hydrogens (primary N) is 1. The summed E-state index contributed by atoms with van der Waals surface area (Å²) >= 11 is 0. The number of rotatable bonds is 4. The molecule has 100 valence electrons. The fraction of sp³-hybridized carbons (Fsp3) is 0.182. The number of amides is 2. The number of hydrogen-bond acceptors (Lipinski definition) is 5. The summed E-state index contributed by atoms with van der Waals surface area (Å²) in [5.41, 5.74) is 5.72. The standard InChI is InChI=1S/C11H13N5O3/c12-11-15-8(10(19)16-11)4-6(17)5-14-9(18)7-2-1-3-13-7/h1-4,6,13,17H,5H2,(H,14,18)(H3,12,15,16,19). The third-order valence-corrected chi connectivity index (χ3v) is 2.38. The Morgan fingerprint density at radius 1 is 1.63 bits per heavy atom. The van der Waals surface area contributed by atoms with Crippen LogP contribution in [0.5, 0.6) is 0 Å². The summed E-state index contributed by atoms with van der Waals surface area (Å²) in [6, 6.07) is 3.29. The second-order valence-electron chi connectivity index (χ2n) is 3.86. The molecule has 0 saturated carbocycles. The quantitative estimate of drug-likeness (QED) is 0.420. The minimum atomic E-state index is -1.03. The van der Waals surface area contributed by atoms with Crippen molar-refractivity contribution in [3.63, 3.8) is 0 Å². The van der Waals surface area contributed by atoms with Crippen LogP contribution in [0, 0.1) is 0 Å². The van der Waals surface area contributed by atoms with Crippen molar-refractivity contribution in [2.45, 2.75) is 6.10 Å². The molecule has 19 heavy (non-hydrogen) atoms. The number of H-pyrrole nitrogens is 1. The molecule has 1 aliphatic heterocycles. The molecule has 2 amide bonds. The highest BCUT2D eigenvalue weighted by molar-refractivity contribution is 6.11. The Morgan fingerprint density at radius 2 is 2.42 bits per heavy atom. The summed E-state index contributed by atoms with van der Waals surface area (Å²) in [5, 5.41) is 14.5. The SMILES string of the molecule is NC1=NC(=CC(O)CNC(=O)c2ccc[nH]2)C(=O)N1. The molecule has 1 aromatic rings. The van der Waals surface area contributed by atoms with Crippen LogP contribution in [-0.4, -0.2) is 40.5 Å². The predicted molar refractivity (Wildman–Crippen MR) is 67.0 cm³/mol. The highest BCUT2D eigenvalue weighted by atomic mass is 16.3. The van der Waals surface area contributed by atoms with E-state index in [-0.39, 0.29) is 24.1 Å². The maximum atomic E-state index is 11.6. The number of carbonyl (C=O) groups is 2. The molecule has 1 aliphatic rings. The molecule has 0 bridgehead atoms. The molecule has 0 aromatic carbocycles. The van der Waals surface area contributed by atoms with Gasteiger partial charge in [-0.05, 0) is 18.2 Å². The number of aliphatic imine (C=N–C) groups is 1. The zero-order chi connectivity index (χ0) is 13.8. The highest BCUT2D eigenvalue weighted by Crippen LogP contribution is 2.04. The van der Waals surface area contributed by atoms with Crippen LogP contribution in [0.2, 0.25) is 0 Å². The summed E-state index contributed by atoms with van der Waals surface area (Å²) in [6.45, 7) is -0.0376. The number of aromatic amines is 1. The van der Waals surface area contributed by atoms with E-state index in [9.17, 15) is 14.7 Å². The molecule has 0 fully saturated rings. The summed E-state index contributed by atoms with van der Waals surface area (Å²) in [6.07, 6.45) is 1.81. The normalized spacial score (nSPS) is 18.1. The van der Waals surface area contributed by atoms with Gasteiger partial charge in [0.2, 0.25) is 5.96 Å². The second-order valence-corrected chi connectivity index (χ2v) is 3.86. The van der Waals surface area contributed by atoms with Gasteiger partial charge in [0.15, 0.2) is 0 Å². The Labute approximate surface area is 108 Å². The van der Waals surface area contributed by atoms with Crippen LogP contribution >= 0.6 is 0 Å². The van der Waals surface area contributed by atoms with Gasteiger partial charge in [0.25, 0.3) is 11.8 Å². The molecule has 0 saturated heterocycles. The van der Waals surface area contributed by atoms with Crippen LogP contribution in [0.15, 0.2) is 35.1 Å². The van der Waals surface area contributed by atoms with E-state index in [1.807, 2.05) is 0 Å². The van der Waals surface area contributed by atoms with E-state index in [0.29, 0.717) is 5.69 Å². The van der Waals surface area contributed by atoms with Crippen LogP contribution in [0.3, 0.4) is 0 Å². The second kappa shape index (κ2) is 5.36. The number of aliphatic hydroxyl groups excluding tert-OH is 1. The average Bonchev–Trinajstić information content (AvgIpc) is 2.97. The number of aromatic nitrogens is 1. The summed E-state index contributed by atoms with van der Waals surface area (Å²) in [7, 11) is 0. The monoisotopic (exact) mass is 263 g/mol. The zero-order valence-corrected chi connectivity index (χ0v) is 9.88. The Kier molecular flexibility index (Phi) is 3.62. The maximum Gasteiger partial charge on any atom is 0.276 e. The lowest BCUT2D eigenvalue weighted by molar-refractivity contribution is -0.115. The van der Waals surface area contributed by atoms with Gasteiger partial charge < -0.3 is 21.1 Å². The van der Waals surface area contributed by atoms with Crippen molar-refractivity contribution >= 4 is 17.8 Å². The van der Waals surface area contributed by atoms with E-state index < -0.39 is 12.0 Å².